The van der Waals surface area contributed by atoms with Crippen molar-refractivity contribution in [1.29, 1.82) is 0 Å². The summed E-state index contributed by atoms with van der Waals surface area (Å²) in [5.74, 6) is -0.469. The van der Waals surface area contributed by atoms with Gasteiger partial charge in [0, 0.05) is 23.9 Å². The Morgan fingerprint density at radius 3 is 2.77 bits per heavy atom. The molecule has 134 valence electrons. The van der Waals surface area contributed by atoms with Gasteiger partial charge >= 0.3 is 5.97 Å². The number of aromatic nitrogens is 2. The third kappa shape index (κ3) is 3.37. The molecule has 1 atom stereocenters. The molecule has 2 aliphatic rings. The first-order valence-corrected chi connectivity index (χ1v) is 9.41. The zero-order valence-electron chi connectivity index (χ0n) is 13.9. The average Bonchev–Trinajstić information content (AvgIpc) is 3.32. The van der Waals surface area contributed by atoms with E-state index in [0.29, 0.717) is 17.3 Å². The topological polar surface area (TPSA) is 90.3 Å². The van der Waals surface area contributed by atoms with Gasteiger partial charge in [-0.1, -0.05) is 42.1 Å². The van der Waals surface area contributed by atoms with Gasteiger partial charge in [0.1, 0.15) is 5.56 Å². The van der Waals surface area contributed by atoms with Gasteiger partial charge in [0.15, 0.2) is 5.16 Å². The number of rotatable bonds is 5. The molecule has 0 saturated heterocycles. The summed E-state index contributed by atoms with van der Waals surface area (Å²) in [6.07, 6.45) is 1.98. The number of benzene rings is 1. The van der Waals surface area contributed by atoms with Gasteiger partial charge < -0.3 is 10.1 Å². The van der Waals surface area contributed by atoms with E-state index in [2.05, 4.69) is 10.3 Å². The number of nitrogens with one attached hydrogen (secondary N) is 1. The summed E-state index contributed by atoms with van der Waals surface area (Å²) in [4.78, 5) is 41.8. The van der Waals surface area contributed by atoms with E-state index in [0.717, 1.165) is 18.6 Å². The number of carbonyl (C=O) groups excluding carboxylic acids is 2. The molecule has 1 amide bonds. The molecule has 2 heterocycles. The molecule has 8 heteroatoms. The second-order valence-electron chi connectivity index (χ2n) is 6.24. The molecule has 1 aromatic heterocycles. The summed E-state index contributed by atoms with van der Waals surface area (Å²) in [7, 11) is 0. The average molecular weight is 371 g/mol. The molecule has 0 radical (unpaired) electrons. The van der Waals surface area contributed by atoms with Crippen LogP contribution in [0.5, 0.6) is 0 Å². The van der Waals surface area contributed by atoms with Crippen LogP contribution in [0.2, 0.25) is 0 Å². The molecule has 1 aliphatic carbocycles. The lowest BCUT2D eigenvalue weighted by molar-refractivity contribution is -0.130. The van der Waals surface area contributed by atoms with E-state index >= 15 is 0 Å². The summed E-state index contributed by atoms with van der Waals surface area (Å²) < 4.78 is 6.90. The van der Waals surface area contributed by atoms with Gasteiger partial charge in [-0.3, -0.25) is 14.2 Å². The molecular formula is C18H17N3O4S. The van der Waals surface area contributed by atoms with Crippen molar-refractivity contribution in [2.24, 2.45) is 0 Å². The minimum Gasteiger partial charge on any atom is -0.443 e. The second kappa shape index (κ2) is 6.95. The first-order valence-electron chi connectivity index (χ1n) is 8.42. The summed E-state index contributed by atoms with van der Waals surface area (Å²) >= 11 is 1.47. The number of hydrogen-bond acceptors (Lipinski definition) is 6. The van der Waals surface area contributed by atoms with E-state index < -0.39 is 17.6 Å². The third-order valence-corrected chi connectivity index (χ3v) is 5.24. The minimum atomic E-state index is -1.10. The Morgan fingerprint density at radius 2 is 2.04 bits per heavy atom. The number of carbonyl (C=O) groups is 2. The molecular weight excluding hydrogens is 354 g/mol. The van der Waals surface area contributed by atoms with Crippen LogP contribution in [0, 0.1) is 0 Å². The van der Waals surface area contributed by atoms with Crippen molar-refractivity contribution in [2.45, 2.75) is 36.7 Å². The molecule has 1 saturated carbocycles. The number of amides is 1. The molecule has 0 bridgehead atoms. The van der Waals surface area contributed by atoms with Crippen LogP contribution in [0.1, 0.15) is 34.9 Å². The predicted octanol–water partition coefficient (Wildman–Crippen LogP) is 1.53. The Bertz CT molecular complexity index is 908. The quantitative estimate of drug-likeness (QED) is 0.633. The fourth-order valence-corrected chi connectivity index (χ4v) is 3.65. The highest BCUT2D eigenvalue weighted by atomic mass is 32.2. The van der Waals surface area contributed by atoms with E-state index in [4.69, 9.17) is 4.74 Å². The summed E-state index contributed by atoms with van der Waals surface area (Å²) in [5.41, 5.74) is -0.0282. The van der Waals surface area contributed by atoms with E-state index in [1.165, 1.54) is 22.5 Å². The van der Waals surface area contributed by atoms with Crippen molar-refractivity contribution >= 4 is 23.6 Å². The molecule has 7 nitrogen and oxygen atoms in total. The lowest BCUT2D eigenvalue weighted by Crippen LogP contribution is -2.35. The number of thioether (sulfide) groups is 1. The Hall–Kier alpha value is -2.61. The molecule has 1 N–H and O–H groups in total. The largest absolute Gasteiger partial charge is 0.443 e. The predicted molar refractivity (Wildman–Crippen MR) is 95.0 cm³/mol. The standard InChI is InChI=1S/C18H17N3O4S/c22-15(20-12-6-7-12)14(11-4-2-1-3-5-11)25-17(24)13-10-19-18-21(16(13)23)8-9-26-18/h1-5,10,12,14H,6-9H2,(H,20,22)/t14-/m0/s1. The first-order chi connectivity index (χ1) is 12.6. The van der Waals surface area contributed by atoms with E-state index in [9.17, 15) is 14.4 Å². The maximum atomic E-state index is 12.6. The molecule has 26 heavy (non-hydrogen) atoms. The fraction of sp³-hybridized carbons (Fsp3) is 0.333. The lowest BCUT2D eigenvalue weighted by atomic mass is 10.1. The summed E-state index contributed by atoms with van der Waals surface area (Å²) in [6, 6.07) is 8.92. The van der Waals surface area contributed by atoms with Crippen LogP contribution >= 0.6 is 11.8 Å². The number of ether oxygens (including phenoxy) is 1. The van der Waals surface area contributed by atoms with Gasteiger partial charge in [-0.15, -0.1) is 0 Å². The third-order valence-electron chi connectivity index (χ3n) is 4.27. The van der Waals surface area contributed by atoms with Crippen LogP contribution in [0.25, 0.3) is 0 Å². The molecule has 1 aliphatic heterocycles. The van der Waals surface area contributed by atoms with Gasteiger partial charge in [0.2, 0.25) is 6.10 Å². The summed E-state index contributed by atoms with van der Waals surface area (Å²) in [6.45, 7) is 0.511. The second-order valence-corrected chi connectivity index (χ2v) is 7.30. The fourth-order valence-electron chi connectivity index (χ4n) is 2.73. The number of hydrogen-bond donors (Lipinski definition) is 1. The monoisotopic (exact) mass is 371 g/mol. The van der Waals surface area contributed by atoms with Crippen molar-refractivity contribution < 1.29 is 14.3 Å². The highest BCUT2D eigenvalue weighted by Crippen LogP contribution is 2.24. The van der Waals surface area contributed by atoms with Crippen LogP contribution in [-0.4, -0.2) is 33.2 Å². The van der Waals surface area contributed by atoms with Gasteiger partial charge in [-0.05, 0) is 12.8 Å². The molecule has 1 fully saturated rings. The molecule has 0 unspecified atom stereocenters. The molecule has 4 rings (SSSR count). The smallest absolute Gasteiger partial charge is 0.346 e. The molecule has 0 spiro atoms. The first kappa shape index (κ1) is 16.8. The van der Waals surface area contributed by atoms with Crippen LogP contribution in [0.3, 0.4) is 0 Å². The van der Waals surface area contributed by atoms with Crippen molar-refractivity contribution in [1.82, 2.24) is 14.9 Å². The van der Waals surface area contributed by atoms with Crippen molar-refractivity contribution in [2.75, 3.05) is 5.75 Å². The molecule has 2 aromatic rings. The zero-order chi connectivity index (χ0) is 18.1. The van der Waals surface area contributed by atoms with Gasteiger partial charge in [0.05, 0.1) is 6.20 Å². The lowest BCUT2D eigenvalue weighted by Gasteiger charge is -2.18. The van der Waals surface area contributed by atoms with Gasteiger partial charge in [-0.25, -0.2) is 9.78 Å². The normalized spacial score (nSPS) is 16.6. The maximum Gasteiger partial charge on any atom is 0.346 e. The summed E-state index contributed by atoms with van der Waals surface area (Å²) in [5, 5.41) is 3.44. The van der Waals surface area contributed by atoms with Crippen LogP contribution in [0.4, 0.5) is 0 Å². The maximum absolute atomic E-state index is 12.6. The highest BCUT2D eigenvalue weighted by molar-refractivity contribution is 7.99. The van der Waals surface area contributed by atoms with Crippen LogP contribution in [0.15, 0.2) is 46.5 Å². The van der Waals surface area contributed by atoms with Gasteiger partial charge in [0.25, 0.3) is 11.5 Å². The Labute approximate surface area is 153 Å². The van der Waals surface area contributed by atoms with E-state index in [1.54, 1.807) is 24.3 Å². The SMILES string of the molecule is O=C(O[C@H](C(=O)NC1CC1)c1ccccc1)c1cnc2n(c1=O)CCS2. The van der Waals surface area contributed by atoms with Crippen molar-refractivity contribution in [3.63, 3.8) is 0 Å². The number of nitrogens with zero attached hydrogens (tertiary/aromatic N) is 2. The van der Waals surface area contributed by atoms with Crippen LogP contribution < -0.4 is 10.9 Å². The van der Waals surface area contributed by atoms with E-state index in [1.807, 2.05) is 6.07 Å². The Kier molecular flexibility index (Phi) is 4.50. The number of esters is 1. The Morgan fingerprint density at radius 1 is 1.27 bits per heavy atom. The van der Waals surface area contributed by atoms with Crippen molar-refractivity contribution in [3.05, 3.63) is 58.0 Å². The van der Waals surface area contributed by atoms with Crippen molar-refractivity contribution in [3.8, 4) is 0 Å². The van der Waals surface area contributed by atoms with E-state index in [-0.39, 0.29) is 17.5 Å². The highest BCUT2D eigenvalue weighted by Gasteiger charge is 2.32. The molecule has 1 aromatic carbocycles. The Balaban J connectivity index is 1.60. The zero-order valence-corrected chi connectivity index (χ0v) is 14.7. The van der Waals surface area contributed by atoms with Gasteiger partial charge in [-0.2, -0.15) is 0 Å². The minimum absolute atomic E-state index is 0.136. The van der Waals surface area contributed by atoms with Crippen LogP contribution in [-0.2, 0) is 16.1 Å². The number of fused-ring (bicyclic) bond motifs is 1.